The number of amides is 4. The van der Waals surface area contributed by atoms with Crippen molar-refractivity contribution in [2.75, 3.05) is 32.0 Å². The summed E-state index contributed by atoms with van der Waals surface area (Å²) in [5, 5.41) is 7.39. The zero-order valence-electron chi connectivity index (χ0n) is 13.7. The minimum atomic E-state index is -0.529. The molecular formula is C15H23N5O3. The highest BCUT2D eigenvalue weighted by Crippen LogP contribution is 2.03. The fourth-order valence-electron chi connectivity index (χ4n) is 1.79. The molecular weight excluding hydrogens is 298 g/mol. The number of urea groups is 1. The Balaban J connectivity index is 2.34. The molecule has 0 bridgehead atoms. The number of pyridine rings is 1. The zero-order chi connectivity index (χ0) is 17.2. The van der Waals surface area contributed by atoms with Gasteiger partial charge in [-0.2, -0.15) is 0 Å². The highest BCUT2D eigenvalue weighted by atomic mass is 16.2. The number of aromatic nitrogens is 1. The van der Waals surface area contributed by atoms with Crippen LogP contribution in [0.5, 0.6) is 0 Å². The topological polar surface area (TPSA) is 103 Å². The molecule has 0 aliphatic rings. The van der Waals surface area contributed by atoms with Gasteiger partial charge < -0.3 is 10.6 Å². The van der Waals surface area contributed by atoms with E-state index in [0.29, 0.717) is 12.4 Å². The summed E-state index contributed by atoms with van der Waals surface area (Å²) in [5.74, 6) is -0.289. The smallest absolute Gasteiger partial charge is 0.321 e. The monoisotopic (exact) mass is 321 g/mol. The van der Waals surface area contributed by atoms with Crippen LogP contribution in [-0.2, 0) is 9.59 Å². The first-order valence-corrected chi connectivity index (χ1v) is 7.40. The first-order valence-electron chi connectivity index (χ1n) is 7.40. The van der Waals surface area contributed by atoms with Crippen molar-refractivity contribution >= 4 is 23.7 Å². The van der Waals surface area contributed by atoms with Crippen LogP contribution >= 0.6 is 0 Å². The summed E-state index contributed by atoms with van der Waals surface area (Å²) in [6, 6.07) is 4.79. The van der Waals surface area contributed by atoms with Gasteiger partial charge in [-0.1, -0.05) is 13.0 Å². The van der Waals surface area contributed by atoms with E-state index in [4.69, 9.17) is 0 Å². The van der Waals surface area contributed by atoms with Crippen LogP contribution < -0.4 is 16.0 Å². The lowest BCUT2D eigenvalue weighted by Crippen LogP contribution is -2.45. The predicted molar refractivity (Wildman–Crippen MR) is 86.9 cm³/mol. The largest absolute Gasteiger partial charge is 0.338 e. The first-order chi connectivity index (χ1) is 10.9. The Bertz CT molecular complexity index is 562. The van der Waals surface area contributed by atoms with E-state index in [9.17, 15) is 14.4 Å². The van der Waals surface area contributed by atoms with Gasteiger partial charge in [0.2, 0.25) is 11.8 Å². The van der Waals surface area contributed by atoms with Crippen LogP contribution in [0, 0.1) is 6.92 Å². The number of carbonyl (C=O) groups excluding carboxylic acids is 3. The third-order valence-corrected chi connectivity index (χ3v) is 2.77. The van der Waals surface area contributed by atoms with Gasteiger partial charge in [0.1, 0.15) is 5.82 Å². The van der Waals surface area contributed by atoms with Gasteiger partial charge in [-0.3, -0.25) is 19.8 Å². The second kappa shape index (κ2) is 9.52. The second-order valence-electron chi connectivity index (χ2n) is 5.19. The van der Waals surface area contributed by atoms with E-state index >= 15 is 0 Å². The molecule has 0 radical (unpaired) electrons. The fourth-order valence-corrected chi connectivity index (χ4v) is 1.79. The lowest BCUT2D eigenvalue weighted by molar-refractivity contribution is -0.122. The van der Waals surface area contributed by atoms with Crippen LogP contribution in [0.2, 0.25) is 0 Å². The van der Waals surface area contributed by atoms with E-state index in [1.165, 1.54) is 4.90 Å². The molecule has 0 saturated heterocycles. The number of carbonyl (C=O) groups is 3. The van der Waals surface area contributed by atoms with Crippen molar-refractivity contribution in [1.29, 1.82) is 0 Å². The molecule has 4 amide bonds. The Kier molecular flexibility index (Phi) is 7.69. The number of nitrogens with zero attached hydrogens (tertiary/aromatic N) is 2. The quantitative estimate of drug-likeness (QED) is 0.678. The van der Waals surface area contributed by atoms with Crippen LogP contribution in [0.25, 0.3) is 0 Å². The Morgan fingerprint density at radius 2 is 1.87 bits per heavy atom. The maximum absolute atomic E-state index is 11.9. The summed E-state index contributed by atoms with van der Waals surface area (Å²) in [7, 11) is 1.62. The highest BCUT2D eigenvalue weighted by Gasteiger charge is 2.13. The maximum Gasteiger partial charge on any atom is 0.321 e. The Morgan fingerprint density at radius 1 is 1.17 bits per heavy atom. The molecule has 0 unspecified atom stereocenters. The molecule has 8 heteroatoms. The van der Waals surface area contributed by atoms with Gasteiger partial charge in [0.15, 0.2) is 0 Å². The van der Waals surface area contributed by atoms with E-state index in [0.717, 1.165) is 12.1 Å². The summed E-state index contributed by atoms with van der Waals surface area (Å²) >= 11 is 0. The van der Waals surface area contributed by atoms with Crippen LogP contribution in [0.1, 0.15) is 19.0 Å². The molecule has 0 aliphatic carbocycles. The summed E-state index contributed by atoms with van der Waals surface area (Å²) in [6.07, 6.45) is 0.786. The van der Waals surface area contributed by atoms with Gasteiger partial charge in [-0.05, 0) is 32.5 Å². The third kappa shape index (κ3) is 7.91. The molecule has 1 aromatic heterocycles. The van der Waals surface area contributed by atoms with E-state index < -0.39 is 11.9 Å². The number of likely N-dealkylation sites (N-methyl/N-ethyl adjacent to an activating group) is 1. The van der Waals surface area contributed by atoms with Gasteiger partial charge >= 0.3 is 6.03 Å². The van der Waals surface area contributed by atoms with Crippen molar-refractivity contribution in [1.82, 2.24) is 20.5 Å². The van der Waals surface area contributed by atoms with Crippen LogP contribution in [0.4, 0.5) is 10.6 Å². The molecule has 0 saturated carbocycles. The van der Waals surface area contributed by atoms with Gasteiger partial charge in [-0.15, -0.1) is 0 Å². The first kappa shape index (κ1) is 18.6. The number of rotatable bonds is 7. The highest BCUT2D eigenvalue weighted by molar-refractivity contribution is 5.96. The van der Waals surface area contributed by atoms with E-state index in [1.807, 2.05) is 19.9 Å². The molecule has 0 spiro atoms. The number of hydrogen-bond donors (Lipinski definition) is 3. The van der Waals surface area contributed by atoms with Gasteiger partial charge in [0.25, 0.3) is 0 Å². The van der Waals surface area contributed by atoms with Crippen LogP contribution in [-0.4, -0.2) is 54.4 Å². The van der Waals surface area contributed by atoms with Crippen molar-refractivity contribution in [2.45, 2.75) is 20.3 Å². The average Bonchev–Trinajstić information content (AvgIpc) is 2.44. The Morgan fingerprint density at radius 3 is 2.52 bits per heavy atom. The number of anilines is 1. The molecule has 0 atom stereocenters. The molecule has 0 aliphatic heterocycles. The average molecular weight is 321 g/mol. The molecule has 0 fully saturated rings. The summed E-state index contributed by atoms with van der Waals surface area (Å²) in [4.78, 5) is 40.5. The van der Waals surface area contributed by atoms with Crippen molar-refractivity contribution in [3.05, 3.63) is 23.9 Å². The molecule has 1 rings (SSSR count). The van der Waals surface area contributed by atoms with Crippen LogP contribution in [0.15, 0.2) is 18.2 Å². The van der Waals surface area contributed by atoms with Crippen molar-refractivity contribution in [3.8, 4) is 0 Å². The number of nitrogens with one attached hydrogen (secondary N) is 3. The SMILES string of the molecule is CCCNC(=O)NC(=O)CN(C)CC(=O)Nc1cccc(C)n1. The van der Waals surface area contributed by atoms with E-state index in [1.54, 1.807) is 19.2 Å². The summed E-state index contributed by atoms with van der Waals surface area (Å²) in [6.45, 7) is 4.20. The molecule has 3 N–H and O–H groups in total. The fraction of sp³-hybridized carbons (Fsp3) is 0.467. The molecule has 0 aromatic carbocycles. The minimum absolute atomic E-state index is 0.0135. The molecule has 126 valence electrons. The molecule has 1 aromatic rings. The number of aryl methyl sites for hydroxylation is 1. The maximum atomic E-state index is 11.9. The van der Waals surface area contributed by atoms with Crippen molar-refractivity contribution in [2.24, 2.45) is 0 Å². The van der Waals surface area contributed by atoms with Gasteiger partial charge in [0.05, 0.1) is 13.1 Å². The Labute approximate surface area is 135 Å². The van der Waals surface area contributed by atoms with E-state index in [2.05, 4.69) is 20.9 Å². The standard InChI is InChI=1S/C15H23N5O3/c1-4-8-16-15(23)19-14(22)10-20(3)9-13(21)18-12-7-5-6-11(2)17-12/h5-7H,4,8-10H2,1-3H3,(H,17,18,21)(H2,16,19,22,23). The predicted octanol–water partition coefficient (Wildman–Crippen LogP) is 0.496. The Hall–Kier alpha value is -2.48. The number of hydrogen-bond acceptors (Lipinski definition) is 5. The zero-order valence-corrected chi connectivity index (χ0v) is 13.7. The second-order valence-corrected chi connectivity index (χ2v) is 5.19. The molecule has 1 heterocycles. The van der Waals surface area contributed by atoms with Crippen molar-refractivity contribution in [3.63, 3.8) is 0 Å². The minimum Gasteiger partial charge on any atom is -0.338 e. The number of imide groups is 1. The van der Waals surface area contributed by atoms with Crippen molar-refractivity contribution < 1.29 is 14.4 Å². The third-order valence-electron chi connectivity index (χ3n) is 2.77. The normalized spacial score (nSPS) is 10.3. The van der Waals surface area contributed by atoms with E-state index in [-0.39, 0.29) is 19.0 Å². The van der Waals surface area contributed by atoms with Crippen LogP contribution in [0.3, 0.4) is 0 Å². The molecule has 23 heavy (non-hydrogen) atoms. The lowest BCUT2D eigenvalue weighted by atomic mass is 10.3. The van der Waals surface area contributed by atoms with Gasteiger partial charge in [-0.25, -0.2) is 9.78 Å². The van der Waals surface area contributed by atoms with Gasteiger partial charge in [0, 0.05) is 12.2 Å². The summed E-state index contributed by atoms with van der Waals surface area (Å²) < 4.78 is 0. The summed E-state index contributed by atoms with van der Waals surface area (Å²) in [5.41, 5.74) is 0.800. The lowest BCUT2D eigenvalue weighted by Gasteiger charge is -2.15. The molecule has 8 nitrogen and oxygen atoms in total.